The van der Waals surface area contributed by atoms with E-state index in [4.69, 9.17) is 11.6 Å². The van der Waals surface area contributed by atoms with Crippen molar-refractivity contribution in [3.8, 4) is 0 Å². The van der Waals surface area contributed by atoms with Gasteiger partial charge in [-0.1, -0.05) is 11.6 Å². The molecule has 0 bridgehead atoms. The average molecular weight is 275 g/mol. The fourth-order valence-corrected chi connectivity index (χ4v) is 3.25. The van der Waals surface area contributed by atoms with E-state index < -0.39 is 10.0 Å². The number of hydrogen-bond acceptors (Lipinski definition) is 3. The lowest BCUT2D eigenvalue weighted by atomic mass is 10.1. The lowest BCUT2D eigenvalue weighted by Gasteiger charge is -2.23. The minimum Gasteiger partial charge on any atom is -0.315 e. The van der Waals surface area contributed by atoms with Crippen LogP contribution < -0.4 is 10.0 Å². The van der Waals surface area contributed by atoms with Gasteiger partial charge in [-0.3, -0.25) is 0 Å². The number of piperidine rings is 1. The van der Waals surface area contributed by atoms with Crippen LogP contribution in [0.5, 0.6) is 0 Å². The second kappa shape index (κ2) is 5.35. The SMILES string of the molecule is O=S(=O)(NC1CCCNC1)c1ccc(Cl)cc1. The molecule has 0 spiro atoms. The van der Waals surface area contributed by atoms with Crippen molar-refractivity contribution < 1.29 is 8.42 Å². The van der Waals surface area contributed by atoms with Crippen LogP contribution >= 0.6 is 11.6 Å². The first-order chi connectivity index (χ1) is 8.08. The molecule has 0 saturated carbocycles. The van der Waals surface area contributed by atoms with Crippen molar-refractivity contribution in [3.63, 3.8) is 0 Å². The van der Waals surface area contributed by atoms with E-state index in [1.165, 1.54) is 12.1 Å². The summed E-state index contributed by atoms with van der Waals surface area (Å²) in [5.74, 6) is 0. The predicted octanol–water partition coefficient (Wildman–Crippen LogP) is 1.37. The smallest absolute Gasteiger partial charge is 0.240 e. The first-order valence-corrected chi connectivity index (χ1v) is 7.43. The Morgan fingerprint density at radius 1 is 1.29 bits per heavy atom. The van der Waals surface area contributed by atoms with E-state index in [9.17, 15) is 8.42 Å². The van der Waals surface area contributed by atoms with Crippen molar-refractivity contribution in [1.82, 2.24) is 10.0 Å². The van der Waals surface area contributed by atoms with Crippen LogP contribution in [-0.2, 0) is 10.0 Å². The molecule has 6 heteroatoms. The van der Waals surface area contributed by atoms with Gasteiger partial charge in [0.05, 0.1) is 4.90 Å². The third-order valence-corrected chi connectivity index (χ3v) is 4.53. The summed E-state index contributed by atoms with van der Waals surface area (Å²) in [4.78, 5) is 0.257. The molecule has 17 heavy (non-hydrogen) atoms. The highest BCUT2D eigenvalue weighted by Crippen LogP contribution is 2.15. The molecule has 0 aromatic heterocycles. The third-order valence-electron chi connectivity index (χ3n) is 2.74. The normalized spacial score (nSPS) is 21.4. The van der Waals surface area contributed by atoms with E-state index in [2.05, 4.69) is 10.0 Å². The Labute approximate surface area is 106 Å². The molecule has 2 rings (SSSR count). The lowest BCUT2D eigenvalue weighted by Crippen LogP contribution is -2.45. The van der Waals surface area contributed by atoms with Gasteiger partial charge < -0.3 is 5.32 Å². The van der Waals surface area contributed by atoms with Crippen LogP contribution in [-0.4, -0.2) is 27.5 Å². The summed E-state index contributed by atoms with van der Waals surface area (Å²) < 4.78 is 26.8. The van der Waals surface area contributed by atoms with Crippen LogP contribution in [0.1, 0.15) is 12.8 Å². The average Bonchev–Trinajstić information content (AvgIpc) is 2.30. The van der Waals surface area contributed by atoms with Gasteiger partial charge in [0.25, 0.3) is 0 Å². The van der Waals surface area contributed by atoms with Gasteiger partial charge in [0.15, 0.2) is 0 Å². The van der Waals surface area contributed by atoms with Crippen molar-refractivity contribution >= 4 is 21.6 Å². The molecule has 4 nitrogen and oxygen atoms in total. The summed E-state index contributed by atoms with van der Waals surface area (Å²) in [5, 5.41) is 3.70. The molecule has 1 saturated heterocycles. The number of rotatable bonds is 3. The summed E-state index contributed by atoms with van der Waals surface area (Å²) in [6.45, 7) is 1.64. The Balaban J connectivity index is 2.10. The molecule has 94 valence electrons. The van der Waals surface area contributed by atoms with Crippen molar-refractivity contribution in [2.45, 2.75) is 23.8 Å². The molecule has 1 aliphatic heterocycles. The van der Waals surface area contributed by atoms with Gasteiger partial charge in [-0.15, -0.1) is 0 Å². The second-order valence-corrected chi connectivity index (χ2v) is 6.27. The van der Waals surface area contributed by atoms with E-state index in [0.29, 0.717) is 11.6 Å². The summed E-state index contributed by atoms with van der Waals surface area (Å²) >= 11 is 5.73. The zero-order valence-electron chi connectivity index (χ0n) is 9.32. The number of halogens is 1. The number of hydrogen-bond donors (Lipinski definition) is 2. The zero-order valence-corrected chi connectivity index (χ0v) is 10.9. The topological polar surface area (TPSA) is 58.2 Å². The van der Waals surface area contributed by atoms with Crippen LogP contribution in [0.25, 0.3) is 0 Å². The molecular formula is C11H15ClN2O2S. The first kappa shape index (κ1) is 12.8. The summed E-state index contributed by atoms with van der Waals surface area (Å²) in [6, 6.07) is 6.16. The first-order valence-electron chi connectivity index (χ1n) is 5.56. The minimum absolute atomic E-state index is 0.0237. The Morgan fingerprint density at radius 2 is 2.00 bits per heavy atom. The minimum atomic E-state index is -3.43. The molecule has 0 radical (unpaired) electrons. The number of nitrogens with one attached hydrogen (secondary N) is 2. The Morgan fingerprint density at radius 3 is 2.59 bits per heavy atom. The molecule has 1 aliphatic rings. The maximum absolute atomic E-state index is 12.0. The molecule has 1 atom stereocenters. The van der Waals surface area contributed by atoms with E-state index in [1.807, 2.05) is 0 Å². The highest BCUT2D eigenvalue weighted by Gasteiger charge is 2.21. The molecule has 0 amide bonds. The highest BCUT2D eigenvalue weighted by molar-refractivity contribution is 7.89. The quantitative estimate of drug-likeness (QED) is 0.875. The molecule has 1 aromatic carbocycles. The van der Waals surface area contributed by atoms with E-state index in [-0.39, 0.29) is 10.9 Å². The predicted molar refractivity (Wildman–Crippen MR) is 67.7 cm³/mol. The highest BCUT2D eigenvalue weighted by atomic mass is 35.5. The Kier molecular flexibility index (Phi) is 4.04. The van der Waals surface area contributed by atoms with Crippen molar-refractivity contribution in [2.75, 3.05) is 13.1 Å². The number of sulfonamides is 1. The van der Waals surface area contributed by atoms with Gasteiger partial charge in [0, 0.05) is 17.6 Å². The molecule has 1 unspecified atom stereocenters. The lowest BCUT2D eigenvalue weighted by molar-refractivity contribution is 0.428. The third kappa shape index (κ3) is 3.42. The fraction of sp³-hybridized carbons (Fsp3) is 0.455. The van der Waals surface area contributed by atoms with Crippen molar-refractivity contribution in [3.05, 3.63) is 29.3 Å². The van der Waals surface area contributed by atoms with Crippen LogP contribution in [0.3, 0.4) is 0 Å². The zero-order chi connectivity index (χ0) is 12.3. The Hall–Kier alpha value is -0.620. The summed E-state index contributed by atoms with van der Waals surface area (Å²) in [7, 11) is -3.43. The van der Waals surface area contributed by atoms with Crippen LogP contribution in [0.15, 0.2) is 29.2 Å². The molecular weight excluding hydrogens is 260 g/mol. The molecule has 0 aliphatic carbocycles. The summed E-state index contributed by atoms with van der Waals surface area (Å²) in [5.41, 5.74) is 0. The van der Waals surface area contributed by atoms with Gasteiger partial charge in [-0.05, 0) is 43.7 Å². The molecule has 2 N–H and O–H groups in total. The van der Waals surface area contributed by atoms with Crippen molar-refractivity contribution in [1.29, 1.82) is 0 Å². The fourth-order valence-electron chi connectivity index (χ4n) is 1.85. The standard InChI is InChI=1S/C11H15ClN2O2S/c12-9-3-5-11(6-4-9)17(15,16)14-10-2-1-7-13-8-10/h3-6,10,13-14H,1-2,7-8H2. The molecule has 1 heterocycles. The molecule has 1 aromatic rings. The van der Waals surface area contributed by atoms with Gasteiger partial charge in [0.2, 0.25) is 10.0 Å². The van der Waals surface area contributed by atoms with Gasteiger partial charge in [0.1, 0.15) is 0 Å². The number of benzene rings is 1. The van der Waals surface area contributed by atoms with E-state index in [0.717, 1.165) is 19.4 Å². The largest absolute Gasteiger partial charge is 0.315 e. The Bertz CT molecular complexity index is 467. The van der Waals surface area contributed by atoms with Crippen LogP contribution in [0.2, 0.25) is 5.02 Å². The second-order valence-electron chi connectivity index (χ2n) is 4.12. The monoisotopic (exact) mass is 274 g/mol. The van der Waals surface area contributed by atoms with Gasteiger partial charge in [-0.25, -0.2) is 13.1 Å². The van der Waals surface area contributed by atoms with E-state index in [1.54, 1.807) is 12.1 Å². The van der Waals surface area contributed by atoms with Crippen LogP contribution in [0.4, 0.5) is 0 Å². The van der Waals surface area contributed by atoms with Gasteiger partial charge in [-0.2, -0.15) is 0 Å². The maximum Gasteiger partial charge on any atom is 0.240 e. The molecule has 1 fully saturated rings. The maximum atomic E-state index is 12.0. The van der Waals surface area contributed by atoms with Crippen molar-refractivity contribution in [2.24, 2.45) is 0 Å². The van der Waals surface area contributed by atoms with Gasteiger partial charge >= 0.3 is 0 Å². The van der Waals surface area contributed by atoms with E-state index >= 15 is 0 Å². The van der Waals surface area contributed by atoms with Crippen LogP contribution in [0, 0.1) is 0 Å². The summed E-state index contributed by atoms with van der Waals surface area (Å²) in [6.07, 6.45) is 1.87.